The van der Waals surface area contributed by atoms with Crippen molar-refractivity contribution in [3.8, 4) is 0 Å². The molecule has 2 amide bonds. The predicted molar refractivity (Wildman–Crippen MR) is 103 cm³/mol. The van der Waals surface area contributed by atoms with E-state index in [0.717, 1.165) is 71.1 Å². The molecule has 1 spiro atoms. The van der Waals surface area contributed by atoms with Crippen LogP contribution in [0.15, 0.2) is 0 Å². The first-order valence-electron chi connectivity index (χ1n) is 10.7. The third kappa shape index (κ3) is 3.68. The molecule has 1 aliphatic carbocycles. The van der Waals surface area contributed by atoms with Crippen LogP contribution < -0.4 is 5.32 Å². The molecule has 2 N–H and O–H groups in total. The highest BCUT2D eigenvalue weighted by Gasteiger charge is 2.51. The minimum atomic E-state index is -0.761. The van der Waals surface area contributed by atoms with Crippen molar-refractivity contribution >= 4 is 12.0 Å². The third-order valence-corrected chi connectivity index (χ3v) is 7.62. The Bertz CT molecular complexity index is 570. The highest BCUT2D eigenvalue weighted by atomic mass is 16.4. The average Bonchev–Trinajstić information content (AvgIpc) is 3.13. The molecule has 0 radical (unpaired) electrons. The number of carboxylic acid groups (broad SMARTS) is 1. The van der Waals surface area contributed by atoms with E-state index < -0.39 is 6.09 Å². The van der Waals surface area contributed by atoms with Crippen LogP contribution in [0.1, 0.15) is 51.4 Å². The van der Waals surface area contributed by atoms with Gasteiger partial charge in [-0.1, -0.05) is 6.42 Å². The van der Waals surface area contributed by atoms with Crippen LogP contribution in [0.2, 0.25) is 0 Å². The van der Waals surface area contributed by atoms with E-state index in [0.29, 0.717) is 18.6 Å². The van der Waals surface area contributed by atoms with Crippen LogP contribution in [-0.4, -0.2) is 89.7 Å². The summed E-state index contributed by atoms with van der Waals surface area (Å²) in [6, 6.07) is 1.23. The van der Waals surface area contributed by atoms with Crippen molar-refractivity contribution in [3.63, 3.8) is 0 Å². The summed E-state index contributed by atoms with van der Waals surface area (Å²) in [4.78, 5) is 30.1. The molecule has 3 saturated heterocycles. The van der Waals surface area contributed by atoms with Crippen LogP contribution in [0.25, 0.3) is 0 Å². The maximum atomic E-state index is 12.3. The number of likely N-dealkylation sites (tertiary alicyclic amines) is 3. The summed E-state index contributed by atoms with van der Waals surface area (Å²) in [7, 11) is 1.75. The second-order valence-corrected chi connectivity index (χ2v) is 9.15. The van der Waals surface area contributed by atoms with E-state index in [9.17, 15) is 14.7 Å². The summed E-state index contributed by atoms with van der Waals surface area (Å²) >= 11 is 0. The van der Waals surface area contributed by atoms with Crippen LogP contribution in [0.4, 0.5) is 4.79 Å². The first-order chi connectivity index (χ1) is 13.0. The fourth-order valence-electron chi connectivity index (χ4n) is 6.05. The number of carbonyl (C=O) groups is 2. The van der Waals surface area contributed by atoms with Crippen molar-refractivity contribution in [2.24, 2.45) is 5.41 Å². The van der Waals surface area contributed by atoms with Gasteiger partial charge in [0.15, 0.2) is 0 Å². The van der Waals surface area contributed by atoms with Crippen molar-refractivity contribution in [2.75, 3.05) is 39.8 Å². The van der Waals surface area contributed by atoms with Gasteiger partial charge in [0.1, 0.15) is 0 Å². The molecule has 0 aromatic rings. The zero-order chi connectivity index (χ0) is 19.0. The summed E-state index contributed by atoms with van der Waals surface area (Å²) in [6.07, 6.45) is 8.25. The van der Waals surface area contributed by atoms with E-state index in [1.165, 1.54) is 6.42 Å². The lowest BCUT2D eigenvalue weighted by molar-refractivity contribution is -0.129. The van der Waals surface area contributed by atoms with E-state index in [4.69, 9.17) is 0 Å². The monoisotopic (exact) mass is 378 g/mol. The van der Waals surface area contributed by atoms with Gasteiger partial charge >= 0.3 is 6.09 Å². The molecule has 0 unspecified atom stereocenters. The summed E-state index contributed by atoms with van der Waals surface area (Å²) in [5.41, 5.74) is 0.261. The molecule has 152 valence electrons. The van der Waals surface area contributed by atoms with Gasteiger partial charge in [-0.25, -0.2) is 4.79 Å². The minimum absolute atomic E-state index is 0.0627. The van der Waals surface area contributed by atoms with E-state index >= 15 is 0 Å². The molecule has 3 aliphatic heterocycles. The molecule has 3 heterocycles. The molecule has 7 nitrogen and oxygen atoms in total. The Morgan fingerprint density at radius 1 is 1.00 bits per heavy atom. The molecule has 4 aliphatic rings. The Morgan fingerprint density at radius 3 is 2.37 bits per heavy atom. The number of amides is 2. The third-order valence-electron chi connectivity index (χ3n) is 7.62. The number of hydrogen-bond acceptors (Lipinski definition) is 4. The maximum Gasteiger partial charge on any atom is 0.407 e. The second kappa shape index (κ2) is 7.59. The molecule has 0 aromatic carbocycles. The largest absolute Gasteiger partial charge is 0.465 e. The Morgan fingerprint density at radius 2 is 1.74 bits per heavy atom. The molecule has 4 fully saturated rings. The van der Waals surface area contributed by atoms with Crippen molar-refractivity contribution < 1.29 is 14.7 Å². The number of carbonyl (C=O) groups excluding carboxylic acids is 1. The fraction of sp³-hybridized carbons (Fsp3) is 0.900. The second-order valence-electron chi connectivity index (χ2n) is 9.15. The lowest BCUT2D eigenvalue weighted by atomic mass is 9.64. The Labute approximate surface area is 162 Å². The molecule has 1 saturated carbocycles. The van der Waals surface area contributed by atoms with E-state index in [1.54, 1.807) is 11.9 Å². The summed E-state index contributed by atoms with van der Waals surface area (Å²) in [5, 5.41) is 12.0. The van der Waals surface area contributed by atoms with Crippen LogP contribution >= 0.6 is 0 Å². The van der Waals surface area contributed by atoms with E-state index in [1.807, 2.05) is 0 Å². The number of piperidine rings is 2. The highest BCUT2D eigenvalue weighted by Crippen LogP contribution is 2.50. The number of hydrogen-bond donors (Lipinski definition) is 2. The SMILES string of the molecule is CNC(=O)[C@@H]1CCCCN1C1CCN(C2CC3(CCN(C(=O)O)C3)C2)CC1. The number of likely N-dealkylation sites (N-methyl/N-ethyl adjacent to an activating group) is 1. The predicted octanol–water partition coefficient (Wildman–Crippen LogP) is 1.58. The topological polar surface area (TPSA) is 76.1 Å². The number of nitrogens with zero attached hydrogens (tertiary/aromatic N) is 3. The first kappa shape index (κ1) is 19.0. The van der Waals surface area contributed by atoms with E-state index in [-0.39, 0.29) is 17.4 Å². The van der Waals surface area contributed by atoms with Gasteiger partial charge in [0.25, 0.3) is 0 Å². The molecular weight excluding hydrogens is 344 g/mol. The zero-order valence-electron chi connectivity index (χ0n) is 16.5. The molecule has 27 heavy (non-hydrogen) atoms. The molecule has 7 heteroatoms. The number of nitrogens with one attached hydrogen (secondary N) is 1. The number of rotatable bonds is 3. The molecule has 4 rings (SSSR count). The smallest absolute Gasteiger partial charge is 0.407 e. The minimum Gasteiger partial charge on any atom is -0.465 e. The average molecular weight is 379 g/mol. The zero-order valence-corrected chi connectivity index (χ0v) is 16.5. The first-order valence-corrected chi connectivity index (χ1v) is 10.7. The van der Waals surface area contributed by atoms with E-state index in [2.05, 4.69) is 15.1 Å². The van der Waals surface area contributed by atoms with Gasteiger partial charge in [0.05, 0.1) is 6.04 Å². The van der Waals surface area contributed by atoms with Gasteiger partial charge in [-0.15, -0.1) is 0 Å². The Hall–Kier alpha value is -1.34. The van der Waals surface area contributed by atoms with Crippen LogP contribution in [-0.2, 0) is 4.79 Å². The van der Waals surface area contributed by atoms with Crippen molar-refractivity contribution in [1.82, 2.24) is 20.0 Å². The fourth-order valence-corrected chi connectivity index (χ4v) is 6.05. The van der Waals surface area contributed by atoms with Gasteiger partial charge in [-0.3, -0.25) is 9.69 Å². The molecular formula is C20H34N4O3. The van der Waals surface area contributed by atoms with Gasteiger partial charge in [0.2, 0.25) is 5.91 Å². The van der Waals surface area contributed by atoms with Crippen LogP contribution in [0, 0.1) is 5.41 Å². The van der Waals surface area contributed by atoms with Gasteiger partial charge in [0, 0.05) is 32.2 Å². The molecule has 0 bridgehead atoms. The standard InChI is InChI=1S/C20H34N4O3/c1-21-18(25)17-4-2-3-8-24(17)15-5-9-22(10-6-15)16-12-20(13-16)7-11-23(14-20)19(26)27/h15-17H,2-14H2,1H3,(H,21,25)(H,26,27)/t16?,17-,20?/m0/s1. The normalized spacial score (nSPS) is 36.0. The van der Waals surface area contributed by atoms with Crippen LogP contribution in [0.5, 0.6) is 0 Å². The lowest BCUT2D eigenvalue weighted by Crippen LogP contribution is -2.58. The summed E-state index contributed by atoms with van der Waals surface area (Å²) in [5.74, 6) is 0.183. The highest BCUT2D eigenvalue weighted by molar-refractivity contribution is 5.81. The summed E-state index contributed by atoms with van der Waals surface area (Å²) < 4.78 is 0. The van der Waals surface area contributed by atoms with Gasteiger partial charge in [-0.05, 0) is 70.0 Å². The van der Waals surface area contributed by atoms with Crippen LogP contribution in [0.3, 0.4) is 0 Å². The lowest BCUT2D eigenvalue weighted by Gasteiger charge is -2.52. The Kier molecular flexibility index (Phi) is 5.34. The molecule has 0 aromatic heterocycles. The van der Waals surface area contributed by atoms with Crippen molar-refractivity contribution in [2.45, 2.75) is 69.5 Å². The van der Waals surface area contributed by atoms with Crippen molar-refractivity contribution in [1.29, 1.82) is 0 Å². The van der Waals surface area contributed by atoms with Crippen molar-refractivity contribution in [3.05, 3.63) is 0 Å². The Balaban J connectivity index is 1.26. The van der Waals surface area contributed by atoms with Gasteiger partial charge < -0.3 is 20.2 Å². The summed E-state index contributed by atoms with van der Waals surface area (Å²) in [6.45, 7) is 4.73. The molecule has 1 atom stereocenters. The maximum absolute atomic E-state index is 12.3. The van der Waals surface area contributed by atoms with Gasteiger partial charge in [-0.2, -0.15) is 0 Å². The quantitative estimate of drug-likeness (QED) is 0.780.